The maximum atomic E-state index is 12.3. The minimum absolute atomic E-state index is 0.100. The highest BCUT2D eigenvalue weighted by Gasteiger charge is 2.07. The summed E-state index contributed by atoms with van der Waals surface area (Å²) in [7, 11) is 0. The van der Waals surface area contributed by atoms with Crippen LogP contribution >= 0.6 is 11.3 Å². The standard InChI is InChI=1S/C20H16O2S/c21-14-18(13-19(22)16-5-2-1-3-6-16)15-8-10-17(11-9-15)20-7-4-12-23-20/h1-13,21H,14H2/b18-13+. The first kappa shape index (κ1) is 15.4. The molecule has 0 radical (unpaired) electrons. The fourth-order valence-electron chi connectivity index (χ4n) is 2.36. The minimum Gasteiger partial charge on any atom is -0.392 e. The summed E-state index contributed by atoms with van der Waals surface area (Å²) in [4.78, 5) is 13.5. The number of aliphatic hydroxyl groups is 1. The van der Waals surface area contributed by atoms with Crippen molar-refractivity contribution in [1.82, 2.24) is 0 Å². The zero-order valence-electron chi connectivity index (χ0n) is 12.5. The molecular weight excluding hydrogens is 304 g/mol. The van der Waals surface area contributed by atoms with Gasteiger partial charge < -0.3 is 5.11 Å². The lowest BCUT2D eigenvalue weighted by Crippen LogP contribution is -1.99. The van der Waals surface area contributed by atoms with E-state index < -0.39 is 0 Å². The van der Waals surface area contributed by atoms with E-state index in [0.29, 0.717) is 11.1 Å². The fourth-order valence-corrected chi connectivity index (χ4v) is 3.09. The van der Waals surface area contributed by atoms with E-state index >= 15 is 0 Å². The molecule has 0 spiro atoms. The van der Waals surface area contributed by atoms with Gasteiger partial charge in [-0.25, -0.2) is 0 Å². The van der Waals surface area contributed by atoms with E-state index in [9.17, 15) is 9.90 Å². The molecule has 1 heterocycles. The van der Waals surface area contributed by atoms with Gasteiger partial charge in [-0.1, -0.05) is 60.7 Å². The lowest BCUT2D eigenvalue weighted by atomic mass is 10.0. The maximum absolute atomic E-state index is 12.3. The Labute approximate surface area is 139 Å². The number of carbonyl (C=O) groups is 1. The van der Waals surface area contributed by atoms with Crippen LogP contribution in [0, 0.1) is 0 Å². The van der Waals surface area contributed by atoms with E-state index in [1.54, 1.807) is 23.5 Å². The Kier molecular flexibility index (Phi) is 4.81. The molecule has 0 saturated heterocycles. The van der Waals surface area contributed by atoms with Crippen LogP contribution in [-0.4, -0.2) is 17.5 Å². The molecule has 2 nitrogen and oxygen atoms in total. The molecule has 0 aliphatic heterocycles. The number of rotatable bonds is 5. The van der Waals surface area contributed by atoms with Gasteiger partial charge in [0.1, 0.15) is 0 Å². The van der Waals surface area contributed by atoms with Gasteiger partial charge in [0.15, 0.2) is 5.78 Å². The summed E-state index contributed by atoms with van der Waals surface area (Å²) >= 11 is 1.69. The molecule has 0 amide bonds. The molecule has 0 fully saturated rings. The number of benzene rings is 2. The van der Waals surface area contributed by atoms with Gasteiger partial charge in [-0.15, -0.1) is 11.3 Å². The summed E-state index contributed by atoms with van der Waals surface area (Å²) in [6, 6.07) is 21.1. The van der Waals surface area contributed by atoms with E-state index in [4.69, 9.17) is 0 Å². The number of ketones is 1. The van der Waals surface area contributed by atoms with Crippen LogP contribution in [0.1, 0.15) is 15.9 Å². The molecule has 114 valence electrons. The van der Waals surface area contributed by atoms with Crippen LogP contribution in [0.15, 0.2) is 78.2 Å². The zero-order chi connectivity index (χ0) is 16.1. The molecular formula is C20H16O2S. The molecule has 1 aromatic heterocycles. The van der Waals surface area contributed by atoms with Crippen molar-refractivity contribution in [3.05, 3.63) is 89.3 Å². The van der Waals surface area contributed by atoms with Crippen molar-refractivity contribution < 1.29 is 9.90 Å². The molecule has 3 heteroatoms. The average Bonchev–Trinajstić information content (AvgIpc) is 3.15. The van der Waals surface area contributed by atoms with Gasteiger partial charge in [0, 0.05) is 10.4 Å². The van der Waals surface area contributed by atoms with Crippen LogP contribution in [-0.2, 0) is 0 Å². The maximum Gasteiger partial charge on any atom is 0.186 e. The van der Waals surface area contributed by atoms with E-state index in [1.807, 2.05) is 53.9 Å². The molecule has 0 atom stereocenters. The molecule has 0 aliphatic rings. The summed E-state index contributed by atoms with van der Waals surface area (Å²) in [6.07, 6.45) is 1.51. The van der Waals surface area contributed by atoms with Crippen LogP contribution < -0.4 is 0 Å². The molecule has 3 rings (SSSR count). The monoisotopic (exact) mass is 320 g/mol. The van der Waals surface area contributed by atoms with Crippen molar-refractivity contribution in [1.29, 1.82) is 0 Å². The van der Waals surface area contributed by atoms with Gasteiger partial charge in [0.05, 0.1) is 6.61 Å². The molecule has 0 unspecified atom stereocenters. The smallest absolute Gasteiger partial charge is 0.186 e. The van der Waals surface area contributed by atoms with E-state index in [-0.39, 0.29) is 12.4 Å². The highest BCUT2D eigenvalue weighted by Crippen LogP contribution is 2.26. The number of carbonyl (C=O) groups excluding carboxylic acids is 1. The summed E-state index contributed by atoms with van der Waals surface area (Å²) in [5, 5.41) is 11.7. The van der Waals surface area contributed by atoms with E-state index in [0.717, 1.165) is 11.1 Å². The highest BCUT2D eigenvalue weighted by molar-refractivity contribution is 7.13. The zero-order valence-corrected chi connectivity index (χ0v) is 13.3. The fraction of sp³-hybridized carbons (Fsp3) is 0.0500. The van der Waals surface area contributed by atoms with Crippen molar-refractivity contribution in [3.8, 4) is 10.4 Å². The summed E-state index contributed by atoms with van der Waals surface area (Å²) in [5.41, 5.74) is 3.23. The second-order valence-electron chi connectivity index (χ2n) is 5.11. The molecule has 3 aromatic rings. The second kappa shape index (κ2) is 7.18. The lowest BCUT2D eigenvalue weighted by molar-refractivity contribution is 0.104. The third kappa shape index (κ3) is 3.65. The Morgan fingerprint density at radius 1 is 0.913 bits per heavy atom. The van der Waals surface area contributed by atoms with E-state index in [1.165, 1.54) is 11.0 Å². The largest absolute Gasteiger partial charge is 0.392 e. The topological polar surface area (TPSA) is 37.3 Å². The summed E-state index contributed by atoms with van der Waals surface area (Å²) < 4.78 is 0. The molecule has 23 heavy (non-hydrogen) atoms. The van der Waals surface area contributed by atoms with Crippen LogP contribution in [0.25, 0.3) is 16.0 Å². The molecule has 1 N–H and O–H groups in total. The minimum atomic E-state index is -0.170. The van der Waals surface area contributed by atoms with Gasteiger partial charge >= 0.3 is 0 Å². The first-order valence-corrected chi connectivity index (χ1v) is 8.21. The number of aliphatic hydroxyl groups excluding tert-OH is 1. The molecule has 0 saturated carbocycles. The number of thiophene rings is 1. The van der Waals surface area contributed by atoms with Gasteiger partial charge in [0.2, 0.25) is 0 Å². The van der Waals surface area contributed by atoms with Crippen molar-refractivity contribution in [2.24, 2.45) is 0 Å². The normalized spacial score (nSPS) is 11.4. The molecule has 2 aromatic carbocycles. The van der Waals surface area contributed by atoms with Gasteiger partial charge in [-0.3, -0.25) is 4.79 Å². The Bertz CT molecular complexity index is 801. The lowest BCUT2D eigenvalue weighted by Gasteiger charge is -2.06. The van der Waals surface area contributed by atoms with Crippen molar-refractivity contribution in [2.45, 2.75) is 0 Å². The average molecular weight is 320 g/mol. The molecule has 0 bridgehead atoms. The summed E-state index contributed by atoms with van der Waals surface area (Å²) in [6.45, 7) is -0.170. The van der Waals surface area contributed by atoms with Crippen LogP contribution in [0.2, 0.25) is 0 Å². The molecule has 0 aliphatic carbocycles. The van der Waals surface area contributed by atoms with Crippen molar-refractivity contribution in [2.75, 3.05) is 6.61 Å². The van der Waals surface area contributed by atoms with Crippen molar-refractivity contribution >= 4 is 22.7 Å². The number of hydrogen-bond donors (Lipinski definition) is 1. The highest BCUT2D eigenvalue weighted by atomic mass is 32.1. The number of allylic oxidation sites excluding steroid dienone is 1. The van der Waals surface area contributed by atoms with Gasteiger partial charge in [0.25, 0.3) is 0 Å². The first-order valence-electron chi connectivity index (χ1n) is 7.33. The second-order valence-corrected chi connectivity index (χ2v) is 6.06. The van der Waals surface area contributed by atoms with Crippen LogP contribution in [0.3, 0.4) is 0 Å². The van der Waals surface area contributed by atoms with Crippen LogP contribution in [0.4, 0.5) is 0 Å². The van der Waals surface area contributed by atoms with E-state index in [2.05, 4.69) is 6.07 Å². The first-order chi connectivity index (χ1) is 11.3. The Morgan fingerprint density at radius 2 is 1.65 bits per heavy atom. The number of hydrogen-bond acceptors (Lipinski definition) is 3. The third-order valence-electron chi connectivity index (χ3n) is 3.60. The third-order valence-corrected chi connectivity index (χ3v) is 4.51. The predicted molar refractivity (Wildman–Crippen MR) is 95.6 cm³/mol. The Balaban J connectivity index is 1.86. The quantitative estimate of drug-likeness (QED) is 0.548. The summed E-state index contributed by atoms with van der Waals surface area (Å²) in [5.74, 6) is -0.100. The Morgan fingerprint density at radius 3 is 2.26 bits per heavy atom. The van der Waals surface area contributed by atoms with Crippen LogP contribution in [0.5, 0.6) is 0 Å². The SMILES string of the molecule is O=C(/C=C(\CO)c1ccc(-c2cccs2)cc1)c1ccccc1. The van der Waals surface area contributed by atoms with Gasteiger partial charge in [-0.2, -0.15) is 0 Å². The van der Waals surface area contributed by atoms with Gasteiger partial charge in [-0.05, 0) is 34.2 Å². The van der Waals surface area contributed by atoms with Crippen molar-refractivity contribution in [3.63, 3.8) is 0 Å². The predicted octanol–water partition coefficient (Wildman–Crippen LogP) is 4.67. The Hall–Kier alpha value is -2.49.